The van der Waals surface area contributed by atoms with E-state index in [9.17, 15) is 9.18 Å². The van der Waals surface area contributed by atoms with Crippen molar-refractivity contribution in [3.63, 3.8) is 0 Å². The topological polar surface area (TPSA) is 67.4 Å². The number of ether oxygens (including phenoxy) is 1. The number of fused-ring (bicyclic) bond motifs is 1. The van der Waals surface area contributed by atoms with E-state index in [0.29, 0.717) is 30.3 Å². The van der Waals surface area contributed by atoms with E-state index < -0.39 is 0 Å². The lowest BCUT2D eigenvalue weighted by Gasteiger charge is -2.19. The molecular formula is C12H11FN4O2S. The Morgan fingerprint density at radius 2 is 2.40 bits per heavy atom. The van der Waals surface area contributed by atoms with Gasteiger partial charge in [-0.2, -0.15) is 8.75 Å². The van der Waals surface area contributed by atoms with Crippen molar-refractivity contribution >= 4 is 23.6 Å². The summed E-state index contributed by atoms with van der Waals surface area (Å²) in [6.07, 6.45) is 1.46. The summed E-state index contributed by atoms with van der Waals surface area (Å²) in [5.74, 6) is 0.493. The quantitative estimate of drug-likeness (QED) is 0.874. The van der Waals surface area contributed by atoms with Crippen LogP contribution in [0.25, 0.3) is 0 Å². The lowest BCUT2D eigenvalue weighted by molar-refractivity contribution is 0.200. The van der Waals surface area contributed by atoms with Crippen molar-refractivity contribution in [2.45, 2.75) is 6.54 Å². The number of hydrogen-bond donors (Lipinski definition) is 1. The Balaban J connectivity index is 1.78. The van der Waals surface area contributed by atoms with Gasteiger partial charge in [-0.1, -0.05) is 6.07 Å². The van der Waals surface area contributed by atoms with E-state index in [4.69, 9.17) is 4.74 Å². The molecule has 6 nitrogen and oxygen atoms in total. The summed E-state index contributed by atoms with van der Waals surface area (Å²) in [4.78, 5) is 13.6. The summed E-state index contributed by atoms with van der Waals surface area (Å²) in [6.45, 7) is 0.849. The molecule has 2 amide bonds. The SMILES string of the molecule is O=C(Nc1cnsn1)N1CCOc2cccc(F)c2C1. The second-order valence-electron chi connectivity index (χ2n) is 4.21. The molecule has 1 N–H and O–H groups in total. The fourth-order valence-corrected chi connectivity index (χ4v) is 2.32. The van der Waals surface area contributed by atoms with E-state index in [2.05, 4.69) is 14.1 Å². The first kappa shape index (κ1) is 12.8. The van der Waals surface area contributed by atoms with Crippen LogP contribution in [0.5, 0.6) is 5.75 Å². The van der Waals surface area contributed by atoms with Gasteiger partial charge in [0.15, 0.2) is 5.82 Å². The average Bonchev–Trinajstić information content (AvgIpc) is 2.83. The largest absolute Gasteiger partial charge is 0.491 e. The Morgan fingerprint density at radius 1 is 1.50 bits per heavy atom. The molecule has 3 rings (SSSR count). The zero-order valence-electron chi connectivity index (χ0n) is 10.4. The molecule has 0 atom stereocenters. The fraction of sp³-hybridized carbons (Fsp3) is 0.250. The standard InChI is InChI=1S/C12H11FN4O2S/c13-9-2-1-3-10-8(9)7-17(4-5-19-10)12(18)15-11-6-14-20-16-11/h1-3,6H,4-5,7H2,(H,15,16,18). The number of carbonyl (C=O) groups is 1. The summed E-state index contributed by atoms with van der Waals surface area (Å²) >= 11 is 1.01. The van der Waals surface area contributed by atoms with Gasteiger partial charge in [0.2, 0.25) is 0 Å². The fourth-order valence-electron chi connectivity index (χ4n) is 1.94. The van der Waals surface area contributed by atoms with Gasteiger partial charge in [0.1, 0.15) is 18.2 Å². The monoisotopic (exact) mass is 294 g/mol. The van der Waals surface area contributed by atoms with Crippen molar-refractivity contribution in [2.24, 2.45) is 0 Å². The maximum absolute atomic E-state index is 13.8. The van der Waals surface area contributed by atoms with Gasteiger partial charge < -0.3 is 9.64 Å². The molecule has 104 valence electrons. The molecule has 0 spiro atoms. The smallest absolute Gasteiger partial charge is 0.323 e. The highest BCUT2D eigenvalue weighted by Crippen LogP contribution is 2.25. The summed E-state index contributed by atoms with van der Waals surface area (Å²) in [6, 6.07) is 4.29. The number of aromatic nitrogens is 2. The van der Waals surface area contributed by atoms with Crippen LogP contribution in [0.15, 0.2) is 24.4 Å². The molecule has 1 aliphatic heterocycles. The van der Waals surface area contributed by atoms with Crippen molar-refractivity contribution in [3.8, 4) is 5.75 Å². The second-order valence-corrected chi connectivity index (χ2v) is 4.77. The Kier molecular flexibility index (Phi) is 3.46. The number of amides is 2. The Bertz CT molecular complexity index is 620. The van der Waals surface area contributed by atoms with Crippen LogP contribution in [0.1, 0.15) is 5.56 Å². The van der Waals surface area contributed by atoms with E-state index in [1.54, 1.807) is 12.1 Å². The van der Waals surface area contributed by atoms with Crippen LogP contribution >= 0.6 is 11.7 Å². The molecule has 0 radical (unpaired) electrons. The van der Waals surface area contributed by atoms with Gasteiger partial charge in [-0.25, -0.2) is 9.18 Å². The Labute approximate surface area is 118 Å². The number of rotatable bonds is 1. The van der Waals surface area contributed by atoms with Gasteiger partial charge in [0.25, 0.3) is 0 Å². The molecule has 2 aromatic rings. The Hall–Kier alpha value is -2.22. The third kappa shape index (κ3) is 2.55. The highest BCUT2D eigenvalue weighted by Gasteiger charge is 2.22. The molecule has 2 heterocycles. The van der Waals surface area contributed by atoms with Crippen LogP contribution in [-0.2, 0) is 6.54 Å². The second kappa shape index (κ2) is 5.41. The van der Waals surface area contributed by atoms with Gasteiger partial charge in [0, 0.05) is 5.56 Å². The first-order valence-electron chi connectivity index (χ1n) is 5.98. The molecule has 1 aliphatic rings. The van der Waals surface area contributed by atoms with Gasteiger partial charge in [-0.15, -0.1) is 0 Å². The maximum Gasteiger partial charge on any atom is 0.323 e. The molecule has 0 bridgehead atoms. The molecule has 0 aliphatic carbocycles. The minimum atomic E-state index is -0.377. The number of halogens is 1. The highest BCUT2D eigenvalue weighted by atomic mass is 32.1. The minimum Gasteiger partial charge on any atom is -0.491 e. The Morgan fingerprint density at radius 3 is 3.20 bits per heavy atom. The maximum atomic E-state index is 13.8. The molecule has 0 saturated heterocycles. The summed E-state index contributed by atoms with van der Waals surface area (Å²) < 4.78 is 27.0. The predicted molar refractivity (Wildman–Crippen MR) is 71.2 cm³/mol. The normalized spacial score (nSPS) is 14.2. The summed E-state index contributed by atoms with van der Waals surface area (Å²) in [5, 5.41) is 2.62. The number of hydrogen-bond acceptors (Lipinski definition) is 5. The third-order valence-electron chi connectivity index (χ3n) is 2.93. The lowest BCUT2D eigenvalue weighted by atomic mass is 10.2. The van der Waals surface area contributed by atoms with Crippen molar-refractivity contribution in [1.29, 1.82) is 0 Å². The van der Waals surface area contributed by atoms with Crippen molar-refractivity contribution in [2.75, 3.05) is 18.5 Å². The van der Waals surface area contributed by atoms with E-state index in [0.717, 1.165) is 11.7 Å². The number of urea groups is 1. The number of nitrogens with zero attached hydrogens (tertiary/aromatic N) is 3. The first-order valence-corrected chi connectivity index (χ1v) is 6.71. The zero-order chi connectivity index (χ0) is 13.9. The van der Waals surface area contributed by atoms with Crippen molar-refractivity contribution < 1.29 is 13.9 Å². The number of nitrogens with one attached hydrogen (secondary N) is 1. The van der Waals surface area contributed by atoms with E-state index in [-0.39, 0.29) is 18.4 Å². The van der Waals surface area contributed by atoms with Gasteiger partial charge in [0.05, 0.1) is 31.0 Å². The third-order valence-corrected chi connectivity index (χ3v) is 3.41. The van der Waals surface area contributed by atoms with Crippen LogP contribution in [0.4, 0.5) is 15.0 Å². The van der Waals surface area contributed by atoms with Gasteiger partial charge >= 0.3 is 6.03 Å². The van der Waals surface area contributed by atoms with E-state index >= 15 is 0 Å². The molecule has 1 aromatic carbocycles. The molecule has 0 unspecified atom stereocenters. The molecule has 8 heteroatoms. The molecule has 1 aromatic heterocycles. The lowest BCUT2D eigenvalue weighted by Crippen LogP contribution is -2.36. The van der Waals surface area contributed by atoms with E-state index in [1.807, 2.05) is 0 Å². The number of carbonyl (C=O) groups excluding carboxylic acids is 1. The van der Waals surface area contributed by atoms with Crippen LogP contribution in [-0.4, -0.2) is 32.8 Å². The average molecular weight is 294 g/mol. The molecule has 20 heavy (non-hydrogen) atoms. The first-order chi connectivity index (χ1) is 9.74. The number of anilines is 1. The highest BCUT2D eigenvalue weighted by molar-refractivity contribution is 6.99. The molecular weight excluding hydrogens is 283 g/mol. The minimum absolute atomic E-state index is 0.158. The van der Waals surface area contributed by atoms with Crippen LogP contribution in [0.2, 0.25) is 0 Å². The van der Waals surface area contributed by atoms with Gasteiger partial charge in [-0.3, -0.25) is 5.32 Å². The van der Waals surface area contributed by atoms with Crippen LogP contribution in [0, 0.1) is 5.82 Å². The van der Waals surface area contributed by atoms with Crippen LogP contribution in [0.3, 0.4) is 0 Å². The van der Waals surface area contributed by atoms with Crippen LogP contribution < -0.4 is 10.1 Å². The summed E-state index contributed by atoms with van der Waals surface area (Å²) in [5.41, 5.74) is 0.386. The van der Waals surface area contributed by atoms with E-state index in [1.165, 1.54) is 17.2 Å². The number of benzene rings is 1. The van der Waals surface area contributed by atoms with Gasteiger partial charge in [-0.05, 0) is 12.1 Å². The molecule has 0 saturated carbocycles. The summed E-state index contributed by atoms with van der Waals surface area (Å²) in [7, 11) is 0. The zero-order valence-corrected chi connectivity index (χ0v) is 11.2. The van der Waals surface area contributed by atoms with Crippen molar-refractivity contribution in [1.82, 2.24) is 13.6 Å². The predicted octanol–water partition coefficient (Wildman–Crippen LogP) is 2.10. The van der Waals surface area contributed by atoms with Crippen molar-refractivity contribution in [3.05, 3.63) is 35.8 Å². The molecule has 0 fully saturated rings.